The number of nitrogens with one attached hydrogen (secondary N) is 2. The van der Waals surface area contributed by atoms with Crippen LogP contribution in [-0.2, 0) is 11.2 Å². The van der Waals surface area contributed by atoms with Crippen LogP contribution in [0.25, 0.3) is 32.7 Å². The van der Waals surface area contributed by atoms with Crippen molar-refractivity contribution in [3.05, 3.63) is 78.5 Å². The van der Waals surface area contributed by atoms with Crippen molar-refractivity contribution in [1.29, 1.82) is 0 Å². The number of aromatic amines is 1. The summed E-state index contributed by atoms with van der Waals surface area (Å²) in [6.45, 7) is 4.18. The Hall–Kier alpha value is -3.57. The summed E-state index contributed by atoms with van der Waals surface area (Å²) in [4.78, 5) is 10.9. The third kappa shape index (κ3) is 3.35. The van der Waals surface area contributed by atoms with Gasteiger partial charge in [0.2, 0.25) is 0 Å². The number of para-hydroxylation sites is 3. The molecule has 1 saturated heterocycles. The maximum absolute atomic E-state index is 5.57. The van der Waals surface area contributed by atoms with Crippen molar-refractivity contribution in [3.8, 4) is 0 Å². The molecular formula is C27H26N4O. The van der Waals surface area contributed by atoms with Crippen molar-refractivity contribution in [2.45, 2.75) is 6.42 Å². The van der Waals surface area contributed by atoms with Crippen molar-refractivity contribution < 1.29 is 4.74 Å². The van der Waals surface area contributed by atoms with E-state index < -0.39 is 0 Å². The number of ether oxygens (including phenoxy) is 1. The van der Waals surface area contributed by atoms with Crippen LogP contribution in [0.1, 0.15) is 5.56 Å². The van der Waals surface area contributed by atoms with Crippen LogP contribution in [0.5, 0.6) is 0 Å². The van der Waals surface area contributed by atoms with Crippen molar-refractivity contribution in [2.24, 2.45) is 0 Å². The zero-order valence-corrected chi connectivity index (χ0v) is 18.0. The zero-order chi connectivity index (χ0) is 21.3. The summed E-state index contributed by atoms with van der Waals surface area (Å²) in [5.74, 6) is 0. The minimum atomic E-state index is 0.764. The van der Waals surface area contributed by atoms with Crippen molar-refractivity contribution in [1.82, 2.24) is 9.97 Å². The van der Waals surface area contributed by atoms with Gasteiger partial charge in [-0.05, 0) is 30.2 Å². The fourth-order valence-corrected chi connectivity index (χ4v) is 4.81. The van der Waals surface area contributed by atoms with Gasteiger partial charge in [-0.25, -0.2) is 4.98 Å². The summed E-state index contributed by atoms with van der Waals surface area (Å²) >= 11 is 0. The molecule has 1 aliphatic rings. The first-order valence-corrected chi connectivity index (χ1v) is 11.3. The maximum atomic E-state index is 5.57. The molecule has 0 unspecified atom stereocenters. The molecule has 0 amide bonds. The highest BCUT2D eigenvalue weighted by molar-refractivity contribution is 6.10. The minimum Gasteiger partial charge on any atom is -0.384 e. The number of anilines is 2. The first-order chi connectivity index (χ1) is 15.9. The summed E-state index contributed by atoms with van der Waals surface area (Å²) in [6.07, 6.45) is 3.08. The third-order valence-corrected chi connectivity index (χ3v) is 6.41. The number of benzene rings is 3. The predicted molar refractivity (Wildman–Crippen MR) is 133 cm³/mol. The largest absolute Gasteiger partial charge is 0.384 e. The number of morpholine rings is 1. The van der Waals surface area contributed by atoms with E-state index in [9.17, 15) is 0 Å². The lowest BCUT2D eigenvalue weighted by atomic mass is 10.1. The second-order valence-electron chi connectivity index (χ2n) is 8.31. The number of pyridine rings is 1. The van der Waals surface area contributed by atoms with Gasteiger partial charge in [0.15, 0.2) is 0 Å². The first-order valence-electron chi connectivity index (χ1n) is 11.3. The Labute approximate surface area is 187 Å². The first kappa shape index (κ1) is 19.1. The zero-order valence-electron chi connectivity index (χ0n) is 18.0. The fraction of sp³-hybridized carbons (Fsp3) is 0.222. The molecule has 0 bridgehead atoms. The molecule has 6 rings (SSSR count). The fourth-order valence-electron chi connectivity index (χ4n) is 4.81. The molecule has 2 N–H and O–H groups in total. The summed E-state index contributed by atoms with van der Waals surface area (Å²) in [5, 5.41) is 7.40. The molecule has 32 heavy (non-hydrogen) atoms. The Morgan fingerprint density at radius 1 is 0.875 bits per heavy atom. The van der Waals surface area contributed by atoms with Gasteiger partial charge in [0, 0.05) is 47.5 Å². The van der Waals surface area contributed by atoms with Crippen molar-refractivity contribution >= 4 is 44.1 Å². The molecule has 0 atom stereocenters. The van der Waals surface area contributed by atoms with Crippen LogP contribution in [0.3, 0.4) is 0 Å². The molecule has 5 heteroatoms. The molecule has 2 aromatic heterocycles. The molecule has 5 aromatic rings. The quantitative estimate of drug-likeness (QED) is 0.374. The highest BCUT2D eigenvalue weighted by atomic mass is 16.5. The van der Waals surface area contributed by atoms with Crippen LogP contribution < -0.4 is 10.2 Å². The van der Waals surface area contributed by atoms with Gasteiger partial charge in [-0.2, -0.15) is 0 Å². The van der Waals surface area contributed by atoms with Gasteiger partial charge in [-0.1, -0.05) is 48.5 Å². The van der Waals surface area contributed by atoms with Crippen molar-refractivity contribution in [2.75, 3.05) is 43.1 Å². The lowest BCUT2D eigenvalue weighted by Crippen LogP contribution is -2.36. The van der Waals surface area contributed by atoms with Crippen molar-refractivity contribution in [3.63, 3.8) is 0 Å². The Morgan fingerprint density at radius 3 is 2.56 bits per heavy atom. The molecule has 3 aromatic carbocycles. The van der Waals surface area contributed by atoms with Gasteiger partial charge >= 0.3 is 0 Å². The van der Waals surface area contributed by atoms with Gasteiger partial charge in [0.05, 0.1) is 35.6 Å². The Balaban J connectivity index is 1.38. The molecule has 3 heterocycles. The monoisotopic (exact) mass is 422 g/mol. The van der Waals surface area contributed by atoms with E-state index in [1.165, 1.54) is 33.2 Å². The Kier molecular flexibility index (Phi) is 4.89. The number of fused-ring (bicyclic) bond motifs is 3. The van der Waals surface area contributed by atoms with Gasteiger partial charge in [-0.15, -0.1) is 0 Å². The van der Waals surface area contributed by atoms with E-state index in [4.69, 9.17) is 9.72 Å². The van der Waals surface area contributed by atoms with Gasteiger partial charge in [0.25, 0.3) is 0 Å². The van der Waals surface area contributed by atoms with Crippen LogP contribution in [0.2, 0.25) is 0 Å². The summed E-state index contributed by atoms with van der Waals surface area (Å²) in [5.41, 5.74) is 6.97. The van der Waals surface area contributed by atoms with E-state index in [0.717, 1.165) is 55.7 Å². The number of aromatic nitrogens is 2. The number of H-pyrrole nitrogens is 1. The van der Waals surface area contributed by atoms with E-state index in [1.54, 1.807) is 0 Å². The average molecular weight is 423 g/mol. The molecule has 5 nitrogen and oxygen atoms in total. The second-order valence-corrected chi connectivity index (χ2v) is 8.31. The van der Waals surface area contributed by atoms with Gasteiger partial charge in [-0.3, -0.25) is 0 Å². The number of nitrogens with zero attached hydrogens (tertiary/aromatic N) is 2. The van der Waals surface area contributed by atoms with E-state index in [0.29, 0.717) is 0 Å². The number of rotatable bonds is 5. The van der Waals surface area contributed by atoms with Crippen LogP contribution in [0, 0.1) is 0 Å². The predicted octanol–water partition coefficient (Wildman–Crippen LogP) is 5.36. The van der Waals surface area contributed by atoms with E-state index >= 15 is 0 Å². The van der Waals surface area contributed by atoms with E-state index in [1.807, 2.05) is 0 Å². The van der Waals surface area contributed by atoms with Crippen LogP contribution in [0.4, 0.5) is 11.4 Å². The Morgan fingerprint density at radius 2 is 1.66 bits per heavy atom. The normalized spacial score (nSPS) is 14.4. The standard InChI is InChI=1S/C27H26N4O/c1-3-9-23-20(6-1)19(18-29-23)12-13-28-26-21-7-2-4-10-24(21)30-27-22(26)8-5-11-25(27)31-14-16-32-17-15-31/h1-11,18,29H,12-17H2,(H,28,30). The molecule has 160 valence electrons. The van der Waals surface area contributed by atoms with Crippen LogP contribution in [0.15, 0.2) is 72.9 Å². The molecule has 0 saturated carbocycles. The minimum absolute atomic E-state index is 0.764. The molecule has 0 spiro atoms. The molecule has 1 aliphatic heterocycles. The SMILES string of the molecule is c1ccc2c(NCCc3c[nH]c4ccccc34)c3cccc(N4CCOCC4)c3nc2c1. The summed E-state index contributed by atoms with van der Waals surface area (Å²) < 4.78 is 5.57. The van der Waals surface area contributed by atoms with Gasteiger partial charge < -0.3 is 19.9 Å². The topological polar surface area (TPSA) is 53.2 Å². The van der Waals surface area contributed by atoms with Crippen LogP contribution >= 0.6 is 0 Å². The molecular weight excluding hydrogens is 396 g/mol. The molecule has 1 fully saturated rings. The lowest BCUT2D eigenvalue weighted by Gasteiger charge is -2.29. The molecule has 0 radical (unpaired) electrons. The Bertz CT molecular complexity index is 1400. The second kappa shape index (κ2) is 8.17. The summed E-state index contributed by atoms with van der Waals surface area (Å²) in [6, 6.07) is 23.4. The van der Waals surface area contributed by atoms with Crippen LogP contribution in [-0.4, -0.2) is 42.8 Å². The highest BCUT2D eigenvalue weighted by Gasteiger charge is 2.17. The summed E-state index contributed by atoms with van der Waals surface area (Å²) in [7, 11) is 0. The highest BCUT2D eigenvalue weighted by Crippen LogP contribution is 2.35. The van der Waals surface area contributed by atoms with E-state index in [-0.39, 0.29) is 0 Å². The van der Waals surface area contributed by atoms with E-state index in [2.05, 4.69) is 88.1 Å². The number of hydrogen-bond acceptors (Lipinski definition) is 4. The average Bonchev–Trinajstić information content (AvgIpc) is 3.27. The van der Waals surface area contributed by atoms with Gasteiger partial charge in [0.1, 0.15) is 0 Å². The smallest absolute Gasteiger partial charge is 0.0963 e. The maximum Gasteiger partial charge on any atom is 0.0963 e. The molecule has 0 aliphatic carbocycles. The third-order valence-electron chi connectivity index (χ3n) is 6.41. The number of hydrogen-bond donors (Lipinski definition) is 2. The lowest BCUT2D eigenvalue weighted by molar-refractivity contribution is 0.123.